The van der Waals surface area contributed by atoms with Crippen LogP contribution in [0.5, 0.6) is 5.75 Å². The van der Waals surface area contributed by atoms with E-state index in [2.05, 4.69) is 45.0 Å². The topological polar surface area (TPSA) is 29.5 Å². The van der Waals surface area contributed by atoms with Crippen molar-refractivity contribution >= 4 is 11.6 Å². The minimum absolute atomic E-state index is 0.327. The molecule has 3 rings (SSSR count). The van der Waals surface area contributed by atoms with E-state index in [0.717, 1.165) is 46.0 Å². The first-order valence-corrected chi connectivity index (χ1v) is 11.2. The lowest BCUT2D eigenvalue weighted by Gasteiger charge is -2.39. The van der Waals surface area contributed by atoms with E-state index in [0.29, 0.717) is 13.2 Å². The van der Waals surface area contributed by atoms with Gasteiger partial charge in [0.15, 0.2) is 0 Å². The summed E-state index contributed by atoms with van der Waals surface area (Å²) in [5.41, 5.74) is 4.67. The van der Waals surface area contributed by atoms with E-state index in [1.807, 2.05) is 12.1 Å². The van der Waals surface area contributed by atoms with E-state index in [1.165, 1.54) is 36.8 Å². The third-order valence-electron chi connectivity index (χ3n) is 6.10. The van der Waals surface area contributed by atoms with Gasteiger partial charge >= 0.3 is 0 Å². The van der Waals surface area contributed by atoms with Crippen molar-refractivity contribution in [2.75, 3.05) is 26.2 Å². The van der Waals surface area contributed by atoms with Crippen LogP contribution in [0.4, 0.5) is 0 Å². The number of aliphatic hydroxyl groups is 1. The van der Waals surface area contributed by atoms with Crippen LogP contribution in [0.3, 0.4) is 0 Å². The quantitative estimate of drug-likeness (QED) is 0.595. The van der Waals surface area contributed by atoms with E-state index in [-0.39, 0.29) is 0 Å². The van der Waals surface area contributed by atoms with Gasteiger partial charge in [-0.2, -0.15) is 0 Å². The second-order valence-corrected chi connectivity index (χ2v) is 9.24. The molecule has 1 fully saturated rings. The fourth-order valence-corrected chi connectivity index (χ4v) is 5.02. The predicted octanol–water partition coefficient (Wildman–Crippen LogP) is 5.60. The summed E-state index contributed by atoms with van der Waals surface area (Å²) in [6.07, 6.45) is 4.45. The highest BCUT2D eigenvalue weighted by atomic mass is 35.5. The van der Waals surface area contributed by atoms with Crippen LogP contribution in [0.15, 0.2) is 36.4 Å². The van der Waals surface area contributed by atoms with E-state index < -0.39 is 6.10 Å². The average molecular weight is 417 g/mol. The van der Waals surface area contributed by atoms with Crippen LogP contribution in [-0.4, -0.2) is 41.9 Å². The number of aryl methyl sites for hydroxylation is 3. The van der Waals surface area contributed by atoms with Crippen LogP contribution in [0.2, 0.25) is 5.02 Å². The van der Waals surface area contributed by atoms with Crippen molar-refractivity contribution in [1.29, 1.82) is 0 Å². The summed E-state index contributed by atoms with van der Waals surface area (Å²) < 4.78 is 6.98. The molecule has 1 aliphatic rings. The molecule has 2 aromatic rings. The van der Waals surface area contributed by atoms with Crippen molar-refractivity contribution in [2.24, 2.45) is 0 Å². The molecule has 0 aromatic heterocycles. The van der Waals surface area contributed by atoms with Gasteiger partial charge in [-0.1, -0.05) is 47.5 Å². The zero-order valence-electron chi connectivity index (χ0n) is 18.1. The van der Waals surface area contributed by atoms with Gasteiger partial charge in [0.1, 0.15) is 31.5 Å². The maximum atomic E-state index is 10.9. The summed E-state index contributed by atoms with van der Waals surface area (Å²) in [5, 5.41) is 11.8. The maximum Gasteiger partial charge on any atom is 0.137 e. The highest BCUT2D eigenvalue weighted by Crippen LogP contribution is 2.28. The van der Waals surface area contributed by atoms with Crippen LogP contribution in [0.1, 0.15) is 47.9 Å². The Bertz CT molecular complexity index is 789. The zero-order chi connectivity index (χ0) is 20.9. The number of ether oxygens (including phenoxy) is 1. The molecule has 1 unspecified atom stereocenters. The van der Waals surface area contributed by atoms with Crippen LogP contribution < -0.4 is 4.74 Å². The molecule has 1 N–H and O–H groups in total. The Hall–Kier alpha value is -1.55. The molecule has 0 saturated carbocycles. The average Bonchev–Trinajstić information content (AvgIpc) is 2.88. The summed E-state index contributed by atoms with van der Waals surface area (Å²) in [5.74, 6) is 0.906. The van der Waals surface area contributed by atoms with Crippen molar-refractivity contribution in [3.05, 3.63) is 63.7 Å². The van der Waals surface area contributed by atoms with Gasteiger partial charge in [-0.25, -0.2) is 0 Å². The van der Waals surface area contributed by atoms with Gasteiger partial charge in [-0.15, -0.1) is 0 Å². The number of quaternary nitrogens is 1. The summed E-state index contributed by atoms with van der Waals surface area (Å²) in [6.45, 7) is 10.3. The van der Waals surface area contributed by atoms with Gasteiger partial charge < -0.3 is 14.3 Å². The summed E-state index contributed by atoms with van der Waals surface area (Å²) in [4.78, 5) is 0. The molecule has 0 radical (unpaired) electrons. The lowest BCUT2D eigenvalue weighted by molar-refractivity contribution is -0.942. The van der Waals surface area contributed by atoms with Gasteiger partial charge in [-0.05, 0) is 63.6 Å². The van der Waals surface area contributed by atoms with Crippen molar-refractivity contribution in [3.8, 4) is 5.75 Å². The fourth-order valence-electron chi connectivity index (χ4n) is 4.83. The number of aliphatic hydroxyl groups excluding tert-OH is 1. The minimum Gasteiger partial charge on any atom is -0.490 e. The standard InChI is InChI=1S/C25H35ClNO2/c1-19-14-20(2)25(21(3)15-19)29-18-23(28)17-27(12-8-4-5-9-13-27)16-22-10-6-7-11-24(22)26/h6-7,10-11,14-15,23,28H,4-5,8-9,12-13,16-18H2,1-3H3/q+1. The summed E-state index contributed by atoms with van der Waals surface area (Å²) in [6, 6.07) is 12.4. The Morgan fingerprint density at radius 2 is 1.62 bits per heavy atom. The molecule has 158 valence electrons. The molecule has 4 heteroatoms. The molecule has 0 amide bonds. The second-order valence-electron chi connectivity index (χ2n) is 8.83. The molecule has 1 heterocycles. The van der Waals surface area contributed by atoms with Gasteiger partial charge in [-0.3, -0.25) is 0 Å². The Labute approximate surface area is 180 Å². The van der Waals surface area contributed by atoms with Gasteiger partial charge in [0.05, 0.1) is 13.1 Å². The normalized spacial score (nSPS) is 17.6. The van der Waals surface area contributed by atoms with Crippen LogP contribution >= 0.6 is 11.6 Å². The summed E-state index contributed by atoms with van der Waals surface area (Å²) >= 11 is 6.47. The van der Waals surface area contributed by atoms with E-state index in [4.69, 9.17) is 16.3 Å². The number of halogens is 1. The molecular weight excluding hydrogens is 382 g/mol. The number of likely N-dealkylation sites (tertiary alicyclic amines) is 1. The number of hydrogen-bond acceptors (Lipinski definition) is 2. The van der Waals surface area contributed by atoms with Crippen LogP contribution in [-0.2, 0) is 6.54 Å². The molecular formula is C25H35ClNO2+. The molecule has 0 spiro atoms. The Morgan fingerprint density at radius 1 is 1.00 bits per heavy atom. The first kappa shape index (κ1) is 22.1. The molecule has 1 atom stereocenters. The minimum atomic E-state index is -0.504. The Kier molecular flexibility index (Phi) is 7.61. The highest BCUT2D eigenvalue weighted by Gasteiger charge is 2.32. The largest absolute Gasteiger partial charge is 0.490 e. The molecule has 0 aliphatic carbocycles. The maximum absolute atomic E-state index is 10.9. The van der Waals surface area contributed by atoms with Crippen molar-refractivity contribution < 1.29 is 14.3 Å². The zero-order valence-corrected chi connectivity index (χ0v) is 18.8. The van der Waals surface area contributed by atoms with E-state index in [9.17, 15) is 5.11 Å². The highest BCUT2D eigenvalue weighted by molar-refractivity contribution is 6.31. The molecule has 1 saturated heterocycles. The molecule has 0 bridgehead atoms. The van der Waals surface area contributed by atoms with Gasteiger partial charge in [0.2, 0.25) is 0 Å². The number of hydrogen-bond donors (Lipinski definition) is 1. The second kappa shape index (κ2) is 9.97. The third-order valence-corrected chi connectivity index (χ3v) is 6.47. The van der Waals surface area contributed by atoms with Gasteiger partial charge in [0, 0.05) is 10.6 Å². The lowest BCUT2D eigenvalue weighted by atomic mass is 10.1. The van der Waals surface area contributed by atoms with Crippen molar-refractivity contribution in [3.63, 3.8) is 0 Å². The van der Waals surface area contributed by atoms with Crippen molar-refractivity contribution in [2.45, 2.75) is 59.1 Å². The number of nitrogens with zero attached hydrogens (tertiary/aromatic N) is 1. The van der Waals surface area contributed by atoms with E-state index in [1.54, 1.807) is 0 Å². The molecule has 1 aliphatic heterocycles. The van der Waals surface area contributed by atoms with E-state index >= 15 is 0 Å². The van der Waals surface area contributed by atoms with Crippen LogP contribution in [0, 0.1) is 20.8 Å². The number of rotatable bonds is 7. The monoisotopic (exact) mass is 416 g/mol. The molecule has 2 aromatic carbocycles. The summed E-state index contributed by atoms with van der Waals surface area (Å²) in [7, 11) is 0. The Balaban J connectivity index is 1.71. The van der Waals surface area contributed by atoms with Crippen LogP contribution in [0.25, 0.3) is 0 Å². The fraction of sp³-hybridized carbons (Fsp3) is 0.520. The Morgan fingerprint density at radius 3 is 2.24 bits per heavy atom. The first-order chi connectivity index (χ1) is 13.9. The predicted molar refractivity (Wildman–Crippen MR) is 121 cm³/mol. The first-order valence-electron chi connectivity index (χ1n) is 10.9. The lowest BCUT2D eigenvalue weighted by Crippen LogP contribution is -2.53. The third kappa shape index (κ3) is 5.97. The number of benzene rings is 2. The smallest absolute Gasteiger partial charge is 0.137 e. The SMILES string of the molecule is Cc1cc(C)c(OCC(O)C[N+]2(Cc3ccccc3Cl)CCCCCC2)c(C)c1. The molecule has 29 heavy (non-hydrogen) atoms. The van der Waals surface area contributed by atoms with Crippen molar-refractivity contribution in [1.82, 2.24) is 0 Å². The van der Waals surface area contributed by atoms with Gasteiger partial charge in [0.25, 0.3) is 0 Å². The molecule has 3 nitrogen and oxygen atoms in total.